The maximum atomic E-state index is 12.7. The van der Waals surface area contributed by atoms with Crippen molar-refractivity contribution < 1.29 is 27.5 Å². The molecule has 6 nitrogen and oxygen atoms in total. The van der Waals surface area contributed by atoms with Crippen LogP contribution in [-0.4, -0.2) is 42.8 Å². The van der Waals surface area contributed by atoms with Crippen molar-refractivity contribution in [2.75, 3.05) is 31.3 Å². The number of carbonyl (C=O) groups excluding carboxylic acids is 2. The second-order valence-electron chi connectivity index (χ2n) is 6.88. The predicted octanol–water partition coefficient (Wildman–Crippen LogP) is 4.15. The van der Waals surface area contributed by atoms with Gasteiger partial charge in [-0.15, -0.1) is 11.3 Å². The van der Waals surface area contributed by atoms with E-state index in [-0.39, 0.29) is 17.6 Å². The monoisotopic (exact) mass is 473 g/mol. The number of thiophene rings is 1. The number of fused-ring (bicyclic) bond motifs is 1. The number of anilines is 1. The number of alkyl halides is 3. The number of methoxy groups -OCH3 is 1. The number of hydrogen-bond acceptors (Lipinski definition) is 6. The third-order valence-electron chi connectivity index (χ3n) is 4.66. The molecule has 0 unspecified atom stereocenters. The molecule has 1 aliphatic rings. The van der Waals surface area contributed by atoms with Crippen LogP contribution in [0.3, 0.4) is 0 Å². The van der Waals surface area contributed by atoms with E-state index in [4.69, 9.17) is 4.74 Å². The number of aromatic nitrogens is 1. The number of pyridine rings is 1. The largest absolute Gasteiger partial charge is 0.417 e. The summed E-state index contributed by atoms with van der Waals surface area (Å²) in [6.07, 6.45) is -0.00844. The summed E-state index contributed by atoms with van der Waals surface area (Å²) in [5, 5.41) is 6.43. The molecule has 2 amide bonds. The highest BCUT2D eigenvalue weighted by molar-refractivity contribution is 7.99. The molecule has 0 aliphatic heterocycles. The molecular weight excluding hydrogens is 451 g/mol. The van der Waals surface area contributed by atoms with Gasteiger partial charge >= 0.3 is 6.18 Å². The lowest BCUT2D eigenvalue weighted by Gasteiger charge is -2.13. The normalized spacial score (nSPS) is 13.5. The van der Waals surface area contributed by atoms with Gasteiger partial charge in [0.25, 0.3) is 5.91 Å². The van der Waals surface area contributed by atoms with E-state index >= 15 is 0 Å². The van der Waals surface area contributed by atoms with Crippen LogP contribution in [0.15, 0.2) is 23.4 Å². The van der Waals surface area contributed by atoms with Crippen LogP contribution in [0.25, 0.3) is 0 Å². The van der Waals surface area contributed by atoms with Gasteiger partial charge in [0.1, 0.15) is 5.00 Å². The number of ether oxygens (including phenoxy) is 1. The fourth-order valence-corrected chi connectivity index (χ4v) is 5.13. The molecule has 31 heavy (non-hydrogen) atoms. The van der Waals surface area contributed by atoms with Gasteiger partial charge in [0.15, 0.2) is 0 Å². The first-order valence-electron chi connectivity index (χ1n) is 9.67. The molecule has 0 radical (unpaired) electrons. The highest BCUT2D eigenvalue weighted by Gasteiger charge is 2.30. The minimum atomic E-state index is -4.45. The molecule has 2 aromatic rings. The Hall–Kier alpha value is -2.11. The molecule has 2 heterocycles. The minimum absolute atomic E-state index is 0.0360. The summed E-state index contributed by atoms with van der Waals surface area (Å²) in [5.74, 6) is -0.633. The molecule has 1 aliphatic carbocycles. The summed E-state index contributed by atoms with van der Waals surface area (Å²) >= 11 is 2.44. The quantitative estimate of drug-likeness (QED) is 0.445. The molecule has 0 fully saturated rings. The zero-order chi connectivity index (χ0) is 22.4. The number of rotatable bonds is 8. The van der Waals surface area contributed by atoms with E-state index in [2.05, 4.69) is 15.6 Å². The van der Waals surface area contributed by atoms with Crippen LogP contribution in [0.2, 0.25) is 0 Å². The first-order valence-corrected chi connectivity index (χ1v) is 11.5. The van der Waals surface area contributed by atoms with Crippen LogP contribution in [0.5, 0.6) is 0 Å². The van der Waals surface area contributed by atoms with Gasteiger partial charge in [-0.3, -0.25) is 9.59 Å². The van der Waals surface area contributed by atoms with Crippen molar-refractivity contribution in [3.8, 4) is 0 Å². The summed E-state index contributed by atoms with van der Waals surface area (Å²) in [4.78, 5) is 30.1. The van der Waals surface area contributed by atoms with Crippen LogP contribution in [-0.2, 0) is 28.5 Å². The van der Waals surface area contributed by atoms with E-state index < -0.39 is 11.7 Å². The topological polar surface area (TPSA) is 80.3 Å². The van der Waals surface area contributed by atoms with Gasteiger partial charge in [0.05, 0.1) is 28.5 Å². The number of nitrogens with one attached hydrogen (secondary N) is 2. The minimum Gasteiger partial charge on any atom is -0.383 e. The molecule has 0 saturated carbocycles. The Morgan fingerprint density at radius 1 is 1.26 bits per heavy atom. The van der Waals surface area contributed by atoms with Crippen molar-refractivity contribution in [3.63, 3.8) is 0 Å². The van der Waals surface area contributed by atoms with Crippen molar-refractivity contribution >= 4 is 39.9 Å². The van der Waals surface area contributed by atoms with Crippen molar-refractivity contribution in [2.24, 2.45) is 0 Å². The molecule has 0 saturated heterocycles. The average Bonchev–Trinajstić information content (AvgIpc) is 3.09. The summed E-state index contributed by atoms with van der Waals surface area (Å²) in [7, 11) is 1.55. The highest BCUT2D eigenvalue weighted by atomic mass is 32.2. The molecule has 0 spiro atoms. The number of nitrogens with zero attached hydrogens (tertiary/aromatic N) is 1. The van der Waals surface area contributed by atoms with Gasteiger partial charge in [0.2, 0.25) is 5.91 Å². The lowest BCUT2D eigenvalue weighted by atomic mass is 9.95. The van der Waals surface area contributed by atoms with Crippen molar-refractivity contribution in [1.29, 1.82) is 0 Å². The molecule has 11 heteroatoms. The standard InChI is InChI=1S/C20H22F3N3O3S2/c1-29-9-8-24-18(28)17-13-4-2-3-5-14(13)31-19(17)26-15(27)11-30-16-7-6-12(10-25-16)20(21,22)23/h6-7,10H,2-5,8-9,11H2,1H3,(H,24,28)(H,26,27). The third-order valence-corrected chi connectivity index (χ3v) is 6.81. The zero-order valence-corrected chi connectivity index (χ0v) is 18.4. The van der Waals surface area contributed by atoms with Gasteiger partial charge in [0, 0.05) is 24.7 Å². The van der Waals surface area contributed by atoms with Gasteiger partial charge in [-0.05, 0) is 43.4 Å². The average molecular weight is 474 g/mol. The second kappa shape index (κ2) is 10.5. The first kappa shape index (κ1) is 23.6. The zero-order valence-electron chi connectivity index (χ0n) is 16.8. The third kappa shape index (κ3) is 6.20. The number of halogens is 3. The SMILES string of the molecule is COCCNC(=O)c1c(NC(=O)CSc2ccc(C(F)(F)F)cn2)sc2c1CCCC2. The maximum Gasteiger partial charge on any atom is 0.417 e. The molecule has 0 atom stereocenters. The molecule has 3 rings (SSSR count). The van der Waals surface area contributed by atoms with Crippen molar-refractivity contribution in [3.05, 3.63) is 39.9 Å². The number of hydrogen-bond donors (Lipinski definition) is 2. The van der Waals surface area contributed by atoms with Crippen molar-refractivity contribution in [1.82, 2.24) is 10.3 Å². The Balaban J connectivity index is 1.66. The van der Waals surface area contributed by atoms with E-state index in [0.29, 0.717) is 28.7 Å². The molecule has 0 aromatic carbocycles. The molecule has 168 valence electrons. The van der Waals surface area contributed by atoms with E-state index in [0.717, 1.165) is 60.1 Å². The van der Waals surface area contributed by atoms with Gasteiger partial charge in [-0.2, -0.15) is 13.2 Å². The van der Waals surface area contributed by atoms with Crippen LogP contribution >= 0.6 is 23.1 Å². The molecule has 0 bridgehead atoms. The van der Waals surface area contributed by atoms with Crippen LogP contribution < -0.4 is 10.6 Å². The lowest BCUT2D eigenvalue weighted by Crippen LogP contribution is -2.29. The van der Waals surface area contributed by atoms with Crippen molar-refractivity contribution in [2.45, 2.75) is 36.9 Å². The molecule has 2 N–H and O–H groups in total. The fourth-order valence-electron chi connectivity index (χ4n) is 3.18. The number of aryl methyl sites for hydroxylation is 1. The van der Waals surface area contributed by atoms with Crippen LogP contribution in [0.4, 0.5) is 18.2 Å². The second-order valence-corrected chi connectivity index (χ2v) is 8.98. The summed E-state index contributed by atoms with van der Waals surface area (Å²) in [6, 6.07) is 2.17. The predicted molar refractivity (Wildman–Crippen MR) is 114 cm³/mol. The fraction of sp³-hybridized carbons (Fsp3) is 0.450. The first-order chi connectivity index (χ1) is 14.8. The van der Waals surface area contributed by atoms with Gasteiger partial charge in [-0.25, -0.2) is 4.98 Å². The Labute approximate surface area is 186 Å². The van der Waals surface area contributed by atoms with Gasteiger partial charge in [-0.1, -0.05) is 11.8 Å². The Bertz CT molecular complexity index is 930. The Morgan fingerprint density at radius 2 is 2.03 bits per heavy atom. The highest BCUT2D eigenvalue weighted by Crippen LogP contribution is 2.38. The molecule has 2 aromatic heterocycles. The lowest BCUT2D eigenvalue weighted by molar-refractivity contribution is -0.137. The van der Waals surface area contributed by atoms with E-state index in [1.807, 2.05) is 0 Å². The Kier molecular flexibility index (Phi) is 7.95. The summed E-state index contributed by atoms with van der Waals surface area (Å²) in [6.45, 7) is 0.749. The number of carbonyl (C=O) groups is 2. The van der Waals surface area contributed by atoms with E-state index in [9.17, 15) is 22.8 Å². The van der Waals surface area contributed by atoms with Crippen LogP contribution in [0.1, 0.15) is 39.2 Å². The van der Waals surface area contributed by atoms with Crippen LogP contribution in [0, 0.1) is 0 Å². The number of thioether (sulfide) groups is 1. The van der Waals surface area contributed by atoms with Gasteiger partial charge < -0.3 is 15.4 Å². The summed E-state index contributed by atoms with van der Waals surface area (Å²) in [5.41, 5.74) is 0.648. The number of amides is 2. The Morgan fingerprint density at radius 3 is 2.71 bits per heavy atom. The smallest absolute Gasteiger partial charge is 0.383 e. The summed E-state index contributed by atoms with van der Waals surface area (Å²) < 4.78 is 42.8. The van der Waals surface area contributed by atoms with E-state index in [1.165, 1.54) is 17.4 Å². The molecular formula is C20H22F3N3O3S2. The maximum absolute atomic E-state index is 12.7. The van der Waals surface area contributed by atoms with E-state index in [1.54, 1.807) is 7.11 Å².